The van der Waals surface area contributed by atoms with Crippen LogP contribution in [0.2, 0.25) is 0 Å². The van der Waals surface area contributed by atoms with E-state index in [1.54, 1.807) is 0 Å². The number of hydrogen-bond donors (Lipinski definition) is 1. The number of hydrogen-bond acceptors (Lipinski definition) is 1. The summed E-state index contributed by atoms with van der Waals surface area (Å²) in [6, 6.07) is 0. The van der Waals surface area contributed by atoms with Gasteiger partial charge in [-0.1, -0.05) is 12.8 Å². The normalized spacial score (nSPS) is 37.6. The number of halogens is 1. The minimum absolute atomic E-state index is 0.382. The van der Waals surface area contributed by atoms with Gasteiger partial charge in [0.05, 0.1) is 0 Å². The first-order valence-corrected chi connectivity index (χ1v) is 5.71. The van der Waals surface area contributed by atoms with E-state index >= 15 is 0 Å². The van der Waals surface area contributed by atoms with E-state index in [2.05, 4.69) is 5.32 Å². The molecule has 2 heteroatoms. The first kappa shape index (κ1) is 9.45. The van der Waals surface area contributed by atoms with E-state index in [0.717, 1.165) is 45.2 Å². The Morgan fingerprint density at radius 3 is 2.54 bits per heavy atom. The van der Waals surface area contributed by atoms with Crippen LogP contribution < -0.4 is 5.32 Å². The quantitative estimate of drug-likeness (QED) is 0.662. The van der Waals surface area contributed by atoms with Gasteiger partial charge in [0.1, 0.15) is 5.67 Å². The van der Waals surface area contributed by atoms with Crippen LogP contribution in [0.15, 0.2) is 0 Å². The molecule has 1 saturated heterocycles. The van der Waals surface area contributed by atoms with Crippen LogP contribution in [0.5, 0.6) is 0 Å². The molecule has 2 fully saturated rings. The maximum Gasteiger partial charge on any atom is 0.115 e. The molecule has 76 valence electrons. The summed E-state index contributed by atoms with van der Waals surface area (Å²) in [5.74, 6) is 0.382. The Labute approximate surface area is 80.1 Å². The topological polar surface area (TPSA) is 12.0 Å². The summed E-state index contributed by atoms with van der Waals surface area (Å²) in [6.07, 6.45) is 7.34. The number of alkyl halides is 1. The zero-order valence-corrected chi connectivity index (χ0v) is 8.32. The van der Waals surface area contributed by atoms with Crippen molar-refractivity contribution in [1.82, 2.24) is 5.32 Å². The third-order valence-electron chi connectivity index (χ3n) is 3.75. The summed E-state index contributed by atoms with van der Waals surface area (Å²) < 4.78 is 14.5. The van der Waals surface area contributed by atoms with E-state index in [4.69, 9.17) is 0 Å². The second-order valence-corrected chi connectivity index (χ2v) is 4.62. The first-order valence-electron chi connectivity index (χ1n) is 5.71. The van der Waals surface area contributed by atoms with Crippen molar-refractivity contribution >= 4 is 0 Å². The molecule has 1 atom stereocenters. The number of rotatable bonds is 1. The zero-order valence-electron chi connectivity index (χ0n) is 8.32. The Hall–Kier alpha value is -0.110. The van der Waals surface area contributed by atoms with Crippen LogP contribution in [0.1, 0.15) is 44.9 Å². The molecule has 1 nitrogen and oxygen atoms in total. The average Bonchev–Trinajstić information content (AvgIpc) is 2.57. The van der Waals surface area contributed by atoms with E-state index in [9.17, 15) is 4.39 Å². The molecule has 13 heavy (non-hydrogen) atoms. The summed E-state index contributed by atoms with van der Waals surface area (Å²) >= 11 is 0. The molecular formula is C11H20FN. The first-order chi connectivity index (χ1) is 6.31. The van der Waals surface area contributed by atoms with E-state index in [1.165, 1.54) is 12.8 Å². The molecule has 2 rings (SSSR count). The third kappa shape index (κ3) is 2.04. The van der Waals surface area contributed by atoms with Crippen molar-refractivity contribution in [2.24, 2.45) is 5.92 Å². The van der Waals surface area contributed by atoms with Crippen molar-refractivity contribution < 1.29 is 4.39 Å². The molecule has 1 unspecified atom stereocenters. The van der Waals surface area contributed by atoms with Crippen LogP contribution in [0.4, 0.5) is 4.39 Å². The summed E-state index contributed by atoms with van der Waals surface area (Å²) in [4.78, 5) is 0. The lowest BCUT2D eigenvalue weighted by Crippen LogP contribution is -2.32. The highest BCUT2D eigenvalue weighted by Crippen LogP contribution is 2.42. The van der Waals surface area contributed by atoms with Gasteiger partial charge in [-0.3, -0.25) is 0 Å². The van der Waals surface area contributed by atoms with Gasteiger partial charge >= 0.3 is 0 Å². The standard InChI is InChI=1S/C11H20FN/c12-11(10-4-1-2-5-10)6-3-8-13-9-7-11/h10,13H,1-9H2. The molecule has 0 aromatic carbocycles. The van der Waals surface area contributed by atoms with Crippen molar-refractivity contribution in [3.63, 3.8) is 0 Å². The lowest BCUT2D eigenvalue weighted by atomic mass is 9.82. The molecule has 1 aliphatic carbocycles. The summed E-state index contributed by atoms with van der Waals surface area (Å²) in [5.41, 5.74) is -0.819. The van der Waals surface area contributed by atoms with E-state index in [0.29, 0.717) is 5.92 Å². The molecule has 0 spiro atoms. The molecule has 1 N–H and O–H groups in total. The SMILES string of the molecule is FC1(C2CCCC2)CCCNCC1. The Morgan fingerprint density at radius 1 is 1.00 bits per heavy atom. The fourth-order valence-corrected chi connectivity index (χ4v) is 2.90. The van der Waals surface area contributed by atoms with Gasteiger partial charge in [-0.2, -0.15) is 0 Å². The molecule has 1 aliphatic heterocycles. The lowest BCUT2D eigenvalue weighted by Gasteiger charge is -2.29. The molecule has 0 radical (unpaired) electrons. The van der Waals surface area contributed by atoms with Crippen LogP contribution in [0, 0.1) is 5.92 Å². The third-order valence-corrected chi connectivity index (χ3v) is 3.75. The predicted octanol–water partition coefficient (Wildman–Crippen LogP) is 2.66. The van der Waals surface area contributed by atoms with Gasteiger partial charge in [-0.15, -0.1) is 0 Å². The molecule has 0 aromatic rings. The van der Waals surface area contributed by atoms with E-state index in [1.807, 2.05) is 0 Å². The van der Waals surface area contributed by atoms with Gasteiger partial charge in [0.15, 0.2) is 0 Å². The Balaban J connectivity index is 1.98. The summed E-state index contributed by atoms with van der Waals surface area (Å²) in [7, 11) is 0. The molecule has 1 heterocycles. The second kappa shape index (κ2) is 3.95. The number of nitrogens with one attached hydrogen (secondary N) is 1. The van der Waals surface area contributed by atoms with Crippen LogP contribution in [0.3, 0.4) is 0 Å². The lowest BCUT2D eigenvalue weighted by molar-refractivity contribution is 0.0691. The molecule has 0 amide bonds. The van der Waals surface area contributed by atoms with E-state index < -0.39 is 5.67 Å². The predicted molar refractivity (Wildman–Crippen MR) is 52.5 cm³/mol. The van der Waals surface area contributed by atoms with Gasteiger partial charge in [-0.25, -0.2) is 4.39 Å². The Kier molecular flexibility index (Phi) is 2.87. The Morgan fingerprint density at radius 2 is 1.77 bits per heavy atom. The van der Waals surface area contributed by atoms with Gasteiger partial charge in [0.25, 0.3) is 0 Å². The maximum absolute atomic E-state index is 14.5. The van der Waals surface area contributed by atoms with Gasteiger partial charge in [-0.05, 0) is 51.1 Å². The van der Waals surface area contributed by atoms with Crippen molar-refractivity contribution in [3.8, 4) is 0 Å². The fraction of sp³-hybridized carbons (Fsp3) is 1.00. The van der Waals surface area contributed by atoms with Crippen LogP contribution in [0.25, 0.3) is 0 Å². The van der Waals surface area contributed by atoms with Gasteiger partial charge < -0.3 is 5.32 Å². The van der Waals surface area contributed by atoms with Crippen molar-refractivity contribution in [1.29, 1.82) is 0 Å². The Bertz CT molecular complexity index is 155. The minimum Gasteiger partial charge on any atom is -0.317 e. The largest absolute Gasteiger partial charge is 0.317 e. The molecule has 0 aromatic heterocycles. The summed E-state index contributed by atoms with van der Waals surface area (Å²) in [6.45, 7) is 1.89. The van der Waals surface area contributed by atoms with Crippen molar-refractivity contribution in [2.75, 3.05) is 13.1 Å². The van der Waals surface area contributed by atoms with E-state index in [-0.39, 0.29) is 0 Å². The maximum atomic E-state index is 14.5. The highest BCUT2D eigenvalue weighted by Gasteiger charge is 2.40. The average molecular weight is 185 g/mol. The zero-order chi connectivity index (χ0) is 9.15. The highest BCUT2D eigenvalue weighted by molar-refractivity contribution is 4.91. The fourth-order valence-electron chi connectivity index (χ4n) is 2.90. The van der Waals surface area contributed by atoms with Crippen LogP contribution in [-0.4, -0.2) is 18.8 Å². The van der Waals surface area contributed by atoms with Crippen LogP contribution >= 0.6 is 0 Å². The molecule has 0 bridgehead atoms. The van der Waals surface area contributed by atoms with Gasteiger partial charge in [0.2, 0.25) is 0 Å². The molecule has 1 saturated carbocycles. The van der Waals surface area contributed by atoms with Crippen LogP contribution in [-0.2, 0) is 0 Å². The van der Waals surface area contributed by atoms with Crippen molar-refractivity contribution in [3.05, 3.63) is 0 Å². The van der Waals surface area contributed by atoms with Gasteiger partial charge in [0, 0.05) is 0 Å². The second-order valence-electron chi connectivity index (χ2n) is 4.62. The molecule has 2 aliphatic rings. The minimum atomic E-state index is -0.819. The smallest absolute Gasteiger partial charge is 0.115 e. The van der Waals surface area contributed by atoms with Crippen molar-refractivity contribution in [2.45, 2.75) is 50.6 Å². The highest BCUT2D eigenvalue weighted by atomic mass is 19.1. The molecular weight excluding hydrogens is 165 g/mol. The summed E-state index contributed by atoms with van der Waals surface area (Å²) in [5, 5.41) is 3.29. The monoisotopic (exact) mass is 185 g/mol.